The first-order valence-electron chi connectivity index (χ1n) is 4.38. The van der Waals surface area contributed by atoms with Crippen LogP contribution < -0.4 is 0 Å². The van der Waals surface area contributed by atoms with Crippen molar-refractivity contribution in [3.05, 3.63) is 6.42 Å². The van der Waals surface area contributed by atoms with Crippen LogP contribution in [-0.4, -0.2) is 0 Å². The second kappa shape index (κ2) is 4.76. The van der Waals surface area contributed by atoms with Gasteiger partial charge in [0.05, 0.1) is 0 Å². The van der Waals surface area contributed by atoms with Gasteiger partial charge in [-0.25, -0.2) is 0 Å². The van der Waals surface area contributed by atoms with Crippen molar-refractivity contribution < 1.29 is 0 Å². The van der Waals surface area contributed by atoms with Crippen molar-refractivity contribution in [3.8, 4) is 0 Å². The predicted octanol–water partition coefficient (Wildman–Crippen LogP) is 3.82. The Morgan fingerprint density at radius 3 is 2.20 bits per heavy atom. The molecule has 0 aliphatic carbocycles. The minimum absolute atomic E-state index is 0.529. The molecule has 0 aliphatic rings. The van der Waals surface area contributed by atoms with Gasteiger partial charge >= 0.3 is 0 Å². The van der Waals surface area contributed by atoms with Crippen LogP contribution in [0.4, 0.5) is 0 Å². The maximum atomic E-state index is 2.37. The van der Waals surface area contributed by atoms with E-state index in [-0.39, 0.29) is 0 Å². The third kappa shape index (κ3) is 8.00. The molecule has 0 aliphatic heterocycles. The van der Waals surface area contributed by atoms with Gasteiger partial charge in [0.15, 0.2) is 0 Å². The molecule has 0 saturated heterocycles. The van der Waals surface area contributed by atoms with Crippen LogP contribution >= 0.6 is 0 Å². The lowest BCUT2D eigenvalue weighted by Crippen LogP contribution is -2.03. The van der Waals surface area contributed by atoms with Crippen LogP contribution in [0, 0.1) is 11.8 Å². The molecule has 61 valence electrons. The van der Waals surface area contributed by atoms with Gasteiger partial charge < -0.3 is 0 Å². The van der Waals surface area contributed by atoms with Gasteiger partial charge in [-0.2, -0.15) is 0 Å². The van der Waals surface area contributed by atoms with E-state index in [1.165, 1.54) is 25.7 Å². The lowest BCUT2D eigenvalue weighted by atomic mass is 9.89. The van der Waals surface area contributed by atoms with Gasteiger partial charge in [-0.15, -0.1) is 0 Å². The summed E-state index contributed by atoms with van der Waals surface area (Å²) in [6, 6.07) is 0. The van der Waals surface area contributed by atoms with Crippen molar-refractivity contribution in [2.45, 2.75) is 53.4 Å². The van der Waals surface area contributed by atoms with Gasteiger partial charge in [0.1, 0.15) is 0 Å². The number of unbranched alkanes of at least 4 members (excludes halogenated alkanes) is 3. The monoisotopic (exact) mass is 141 g/mol. The SMILES string of the molecule is CC[CH]CCCC(C)(C)C. The number of hydrogen-bond acceptors (Lipinski definition) is 0. The maximum Gasteiger partial charge on any atom is -0.0383 e. The van der Waals surface area contributed by atoms with E-state index in [0.717, 1.165) is 0 Å². The third-order valence-electron chi connectivity index (χ3n) is 1.62. The zero-order valence-electron chi connectivity index (χ0n) is 7.91. The summed E-state index contributed by atoms with van der Waals surface area (Å²) in [5.74, 6) is 0. The summed E-state index contributed by atoms with van der Waals surface area (Å²) in [7, 11) is 0. The topological polar surface area (TPSA) is 0 Å². The molecular weight excluding hydrogens is 120 g/mol. The summed E-state index contributed by atoms with van der Waals surface area (Å²) < 4.78 is 0. The molecule has 0 heteroatoms. The fourth-order valence-electron chi connectivity index (χ4n) is 0.981. The second-order valence-electron chi connectivity index (χ2n) is 4.15. The Labute approximate surface area is 66.0 Å². The summed E-state index contributed by atoms with van der Waals surface area (Å²) in [5, 5.41) is 0. The standard InChI is InChI=1S/C10H21/c1-5-6-7-8-9-10(2,3)4/h6H,5,7-9H2,1-4H3. The molecule has 0 nitrogen and oxygen atoms in total. The van der Waals surface area contributed by atoms with Crippen LogP contribution in [0.2, 0.25) is 0 Å². The fraction of sp³-hybridized carbons (Fsp3) is 0.900. The second-order valence-corrected chi connectivity index (χ2v) is 4.15. The van der Waals surface area contributed by atoms with Gasteiger partial charge in [-0.1, -0.05) is 47.0 Å². The highest BCUT2D eigenvalue weighted by atomic mass is 14.1. The normalized spacial score (nSPS) is 12.0. The van der Waals surface area contributed by atoms with Crippen molar-refractivity contribution >= 4 is 0 Å². The van der Waals surface area contributed by atoms with Crippen molar-refractivity contribution in [1.29, 1.82) is 0 Å². The van der Waals surface area contributed by atoms with Crippen LogP contribution in [0.25, 0.3) is 0 Å². The predicted molar refractivity (Wildman–Crippen MR) is 47.9 cm³/mol. The summed E-state index contributed by atoms with van der Waals surface area (Å²) in [4.78, 5) is 0. The molecule has 0 bridgehead atoms. The molecule has 1 radical (unpaired) electrons. The first-order valence-corrected chi connectivity index (χ1v) is 4.38. The van der Waals surface area contributed by atoms with Crippen LogP contribution in [0.15, 0.2) is 0 Å². The van der Waals surface area contributed by atoms with Gasteiger partial charge in [0, 0.05) is 0 Å². The van der Waals surface area contributed by atoms with Crippen LogP contribution in [0.1, 0.15) is 53.4 Å². The Morgan fingerprint density at radius 1 is 1.20 bits per heavy atom. The van der Waals surface area contributed by atoms with Crippen molar-refractivity contribution in [2.75, 3.05) is 0 Å². The van der Waals surface area contributed by atoms with Crippen molar-refractivity contribution in [2.24, 2.45) is 5.41 Å². The molecule has 0 saturated carbocycles. The molecule has 10 heavy (non-hydrogen) atoms. The highest BCUT2D eigenvalue weighted by Gasteiger charge is 2.08. The molecule has 0 aromatic rings. The molecule has 0 amide bonds. The number of rotatable bonds is 4. The highest BCUT2D eigenvalue weighted by Crippen LogP contribution is 2.21. The molecule has 0 heterocycles. The van der Waals surface area contributed by atoms with Gasteiger partial charge in [0.2, 0.25) is 0 Å². The quantitative estimate of drug-likeness (QED) is 0.522. The van der Waals surface area contributed by atoms with Gasteiger partial charge in [0.25, 0.3) is 0 Å². The Bertz CT molecular complexity index is 66.6. The van der Waals surface area contributed by atoms with E-state index in [0.29, 0.717) is 5.41 Å². The van der Waals surface area contributed by atoms with E-state index in [1.807, 2.05) is 0 Å². The van der Waals surface area contributed by atoms with E-state index in [2.05, 4.69) is 34.1 Å². The average Bonchev–Trinajstić information content (AvgIpc) is 1.78. The Kier molecular flexibility index (Phi) is 4.76. The molecule has 0 spiro atoms. The summed E-state index contributed by atoms with van der Waals surface area (Å²) in [6.45, 7) is 9.12. The minimum Gasteiger partial charge on any atom is -0.0651 e. The molecule has 0 fully saturated rings. The maximum absolute atomic E-state index is 2.37. The molecule has 0 aromatic heterocycles. The van der Waals surface area contributed by atoms with E-state index in [4.69, 9.17) is 0 Å². The smallest absolute Gasteiger partial charge is 0.0383 e. The highest BCUT2D eigenvalue weighted by molar-refractivity contribution is 4.66. The summed E-state index contributed by atoms with van der Waals surface area (Å²) in [6.07, 6.45) is 7.60. The van der Waals surface area contributed by atoms with Crippen LogP contribution in [-0.2, 0) is 0 Å². The molecule has 0 unspecified atom stereocenters. The lowest BCUT2D eigenvalue weighted by molar-refractivity contribution is 0.364. The van der Waals surface area contributed by atoms with E-state index >= 15 is 0 Å². The van der Waals surface area contributed by atoms with Crippen molar-refractivity contribution in [3.63, 3.8) is 0 Å². The third-order valence-corrected chi connectivity index (χ3v) is 1.62. The Hall–Kier alpha value is 0. The van der Waals surface area contributed by atoms with E-state index in [1.54, 1.807) is 0 Å². The molecule has 0 N–H and O–H groups in total. The van der Waals surface area contributed by atoms with Gasteiger partial charge in [-0.3, -0.25) is 0 Å². The molecule has 0 atom stereocenters. The largest absolute Gasteiger partial charge is 0.0651 e. The summed E-state index contributed by atoms with van der Waals surface area (Å²) >= 11 is 0. The Balaban J connectivity index is 3.04. The summed E-state index contributed by atoms with van der Waals surface area (Å²) in [5.41, 5.74) is 0.529. The first-order chi connectivity index (χ1) is 4.56. The van der Waals surface area contributed by atoms with Crippen LogP contribution in [0.5, 0.6) is 0 Å². The molecule has 0 aromatic carbocycles. The Morgan fingerprint density at radius 2 is 1.80 bits per heavy atom. The van der Waals surface area contributed by atoms with Crippen LogP contribution in [0.3, 0.4) is 0 Å². The zero-order chi connectivity index (χ0) is 8.04. The molecule has 0 rings (SSSR count). The van der Waals surface area contributed by atoms with E-state index in [9.17, 15) is 0 Å². The van der Waals surface area contributed by atoms with E-state index < -0.39 is 0 Å². The average molecular weight is 141 g/mol. The number of hydrogen-bond donors (Lipinski definition) is 0. The lowest BCUT2D eigenvalue weighted by Gasteiger charge is -2.17. The zero-order valence-corrected chi connectivity index (χ0v) is 7.91. The van der Waals surface area contributed by atoms with Gasteiger partial charge in [-0.05, 0) is 18.3 Å². The molecular formula is C10H21. The van der Waals surface area contributed by atoms with Crippen molar-refractivity contribution in [1.82, 2.24) is 0 Å². The fourth-order valence-corrected chi connectivity index (χ4v) is 0.981. The minimum atomic E-state index is 0.529. The first kappa shape index (κ1) is 10.0.